The Morgan fingerprint density at radius 3 is 2.64 bits per heavy atom. The first-order valence-corrected chi connectivity index (χ1v) is 8.64. The molecule has 25 heavy (non-hydrogen) atoms. The zero-order valence-corrected chi connectivity index (χ0v) is 14.3. The minimum Gasteiger partial charge on any atom is -0.377 e. The average Bonchev–Trinajstić information content (AvgIpc) is 3.06. The minimum absolute atomic E-state index is 0.0234. The monoisotopic (exact) mass is 363 g/mol. The van der Waals surface area contributed by atoms with Crippen LogP contribution < -0.4 is 5.32 Å². The molecule has 4 rings (SSSR count). The number of allylic oxidation sites excluding steroid dienone is 2. The van der Waals surface area contributed by atoms with Gasteiger partial charge in [0.1, 0.15) is 0 Å². The number of halogens is 4. The van der Waals surface area contributed by atoms with Crippen LogP contribution in [0.15, 0.2) is 48.6 Å². The van der Waals surface area contributed by atoms with E-state index in [-0.39, 0.29) is 11.8 Å². The molecule has 0 amide bonds. The van der Waals surface area contributed by atoms with Gasteiger partial charge in [-0.2, -0.15) is 13.2 Å². The van der Waals surface area contributed by atoms with Gasteiger partial charge in [-0.15, -0.1) is 0 Å². The van der Waals surface area contributed by atoms with E-state index in [1.807, 2.05) is 25.1 Å². The first-order valence-electron chi connectivity index (χ1n) is 8.26. The van der Waals surface area contributed by atoms with Gasteiger partial charge < -0.3 is 5.32 Å². The van der Waals surface area contributed by atoms with Crippen molar-refractivity contribution in [1.82, 2.24) is 0 Å². The third-order valence-electron chi connectivity index (χ3n) is 5.28. The van der Waals surface area contributed by atoms with Crippen LogP contribution in [0.25, 0.3) is 0 Å². The number of benzene rings is 2. The standard InChI is InChI=1S/C20H17ClF3N/c1-11-9-10-16(21)17-12-6-4-7-13(12)19(25-18(11)17)14-5-2-3-8-15(14)20(22,23)24/h2-6,8-10,12-13,19,25H,7H2,1H3/t12-,13-,19-/m0/s1. The van der Waals surface area contributed by atoms with E-state index in [2.05, 4.69) is 11.4 Å². The first-order chi connectivity index (χ1) is 11.9. The highest BCUT2D eigenvalue weighted by Gasteiger charge is 2.43. The highest BCUT2D eigenvalue weighted by molar-refractivity contribution is 6.32. The Labute approximate surface area is 149 Å². The van der Waals surface area contributed by atoms with E-state index in [0.717, 1.165) is 29.3 Å². The second kappa shape index (κ2) is 5.80. The molecule has 1 aliphatic carbocycles. The molecule has 0 radical (unpaired) electrons. The number of aryl methyl sites for hydroxylation is 1. The molecular weight excluding hydrogens is 347 g/mol. The highest BCUT2D eigenvalue weighted by atomic mass is 35.5. The van der Waals surface area contributed by atoms with Crippen molar-refractivity contribution in [2.24, 2.45) is 5.92 Å². The summed E-state index contributed by atoms with van der Waals surface area (Å²) in [5, 5.41) is 4.05. The molecule has 3 atom stereocenters. The minimum atomic E-state index is -4.37. The van der Waals surface area contributed by atoms with Gasteiger partial charge in [-0.05, 0) is 42.5 Å². The number of anilines is 1. The maximum atomic E-state index is 13.5. The summed E-state index contributed by atoms with van der Waals surface area (Å²) >= 11 is 6.42. The van der Waals surface area contributed by atoms with Crippen molar-refractivity contribution in [2.45, 2.75) is 31.5 Å². The molecule has 0 aromatic heterocycles. The molecule has 0 saturated heterocycles. The fourth-order valence-electron chi connectivity index (χ4n) is 4.14. The van der Waals surface area contributed by atoms with Gasteiger partial charge in [0.25, 0.3) is 0 Å². The van der Waals surface area contributed by atoms with Crippen LogP contribution in [0.4, 0.5) is 18.9 Å². The third-order valence-corrected chi connectivity index (χ3v) is 5.61. The predicted octanol–water partition coefficient (Wildman–Crippen LogP) is 6.49. The quantitative estimate of drug-likeness (QED) is 0.571. The fourth-order valence-corrected chi connectivity index (χ4v) is 4.43. The van der Waals surface area contributed by atoms with Crippen LogP contribution in [0.5, 0.6) is 0 Å². The smallest absolute Gasteiger partial charge is 0.377 e. The van der Waals surface area contributed by atoms with Crippen molar-refractivity contribution in [2.75, 3.05) is 5.32 Å². The highest BCUT2D eigenvalue weighted by Crippen LogP contribution is 2.53. The number of hydrogen-bond acceptors (Lipinski definition) is 1. The molecule has 0 fully saturated rings. The first kappa shape index (κ1) is 16.5. The van der Waals surface area contributed by atoms with Gasteiger partial charge >= 0.3 is 6.18 Å². The van der Waals surface area contributed by atoms with Crippen molar-refractivity contribution in [3.63, 3.8) is 0 Å². The molecular formula is C20H17ClF3N. The van der Waals surface area contributed by atoms with E-state index in [0.29, 0.717) is 10.6 Å². The second-order valence-corrected chi connectivity index (χ2v) is 7.12. The molecule has 1 nitrogen and oxygen atoms in total. The topological polar surface area (TPSA) is 12.0 Å². The summed E-state index contributed by atoms with van der Waals surface area (Å²) in [6.07, 6.45) is 0.495. The zero-order valence-electron chi connectivity index (χ0n) is 13.6. The van der Waals surface area contributed by atoms with Crippen LogP contribution in [0.3, 0.4) is 0 Å². The van der Waals surface area contributed by atoms with Crippen molar-refractivity contribution in [1.29, 1.82) is 0 Å². The molecule has 0 saturated carbocycles. The van der Waals surface area contributed by atoms with Crippen LogP contribution in [0, 0.1) is 12.8 Å². The summed E-state index contributed by atoms with van der Waals surface area (Å²) in [5.74, 6) is 0.0604. The summed E-state index contributed by atoms with van der Waals surface area (Å²) in [7, 11) is 0. The average molecular weight is 364 g/mol. The van der Waals surface area contributed by atoms with Crippen LogP contribution in [0.1, 0.15) is 40.6 Å². The predicted molar refractivity (Wildman–Crippen MR) is 94.0 cm³/mol. The summed E-state index contributed by atoms with van der Waals surface area (Å²) in [5.41, 5.74) is 2.59. The Kier molecular flexibility index (Phi) is 3.84. The van der Waals surface area contributed by atoms with Gasteiger partial charge in [-0.3, -0.25) is 0 Å². The maximum Gasteiger partial charge on any atom is 0.416 e. The Morgan fingerprint density at radius 2 is 1.88 bits per heavy atom. The number of alkyl halides is 3. The fraction of sp³-hybridized carbons (Fsp3) is 0.300. The van der Waals surface area contributed by atoms with Crippen molar-refractivity contribution < 1.29 is 13.2 Å². The van der Waals surface area contributed by atoms with Crippen LogP contribution in [0.2, 0.25) is 5.02 Å². The van der Waals surface area contributed by atoms with Crippen LogP contribution >= 0.6 is 11.6 Å². The van der Waals surface area contributed by atoms with Crippen molar-refractivity contribution in [3.8, 4) is 0 Å². The number of hydrogen-bond donors (Lipinski definition) is 1. The molecule has 0 spiro atoms. The summed E-state index contributed by atoms with van der Waals surface area (Å²) < 4.78 is 40.6. The van der Waals surface area contributed by atoms with Gasteiger partial charge in [0.15, 0.2) is 0 Å². The lowest BCUT2D eigenvalue weighted by Crippen LogP contribution is -2.31. The Balaban J connectivity index is 1.88. The third kappa shape index (κ3) is 2.63. The van der Waals surface area contributed by atoms with Gasteiger partial charge in [-0.1, -0.05) is 48.0 Å². The SMILES string of the molecule is Cc1ccc(Cl)c2c1N[C@H](c1ccccc1C(F)(F)F)[C@H]1CC=C[C@H]21. The lowest BCUT2D eigenvalue weighted by atomic mass is 9.75. The molecule has 2 aromatic rings. The summed E-state index contributed by atoms with van der Waals surface area (Å²) in [4.78, 5) is 0. The lowest BCUT2D eigenvalue weighted by Gasteiger charge is -2.39. The maximum absolute atomic E-state index is 13.5. The molecule has 1 heterocycles. The summed E-state index contributed by atoms with van der Waals surface area (Å²) in [6, 6.07) is 9.22. The van der Waals surface area contributed by atoms with E-state index in [9.17, 15) is 13.2 Å². The van der Waals surface area contributed by atoms with Crippen molar-refractivity contribution >= 4 is 17.3 Å². The molecule has 1 N–H and O–H groups in total. The normalized spacial score (nSPS) is 24.6. The number of rotatable bonds is 1. The summed E-state index contributed by atoms with van der Waals surface area (Å²) in [6.45, 7) is 1.95. The van der Waals surface area contributed by atoms with E-state index < -0.39 is 17.8 Å². The molecule has 2 aromatic carbocycles. The van der Waals surface area contributed by atoms with Gasteiger partial charge in [-0.25, -0.2) is 0 Å². The Bertz CT molecular complexity index is 857. The zero-order chi connectivity index (χ0) is 17.8. The van der Waals surface area contributed by atoms with Gasteiger partial charge in [0.2, 0.25) is 0 Å². The van der Waals surface area contributed by atoms with Crippen LogP contribution in [-0.4, -0.2) is 0 Å². The van der Waals surface area contributed by atoms with E-state index in [4.69, 9.17) is 11.6 Å². The molecule has 5 heteroatoms. The molecule has 130 valence electrons. The Morgan fingerprint density at radius 1 is 1.12 bits per heavy atom. The molecule has 2 aliphatic rings. The molecule has 1 aliphatic heterocycles. The van der Waals surface area contributed by atoms with Crippen molar-refractivity contribution in [3.05, 3.63) is 75.8 Å². The largest absolute Gasteiger partial charge is 0.416 e. The Hall–Kier alpha value is -1.94. The molecule has 0 unspecified atom stereocenters. The second-order valence-electron chi connectivity index (χ2n) is 6.71. The van der Waals surface area contributed by atoms with E-state index in [1.54, 1.807) is 12.1 Å². The molecule has 0 bridgehead atoms. The van der Waals surface area contributed by atoms with Crippen LogP contribution in [-0.2, 0) is 6.18 Å². The van der Waals surface area contributed by atoms with Gasteiger partial charge in [0, 0.05) is 22.2 Å². The lowest BCUT2D eigenvalue weighted by molar-refractivity contribution is -0.138. The van der Waals surface area contributed by atoms with Gasteiger partial charge in [0.05, 0.1) is 11.6 Å². The number of nitrogens with one attached hydrogen (secondary N) is 1. The van der Waals surface area contributed by atoms with E-state index >= 15 is 0 Å². The van der Waals surface area contributed by atoms with E-state index in [1.165, 1.54) is 6.07 Å². The number of fused-ring (bicyclic) bond motifs is 3.